The van der Waals surface area contributed by atoms with Crippen LogP contribution in [0.25, 0.3) is 11.1 Å². The molecule has 0 unspecified atom stereocenters. The lowest BCUT2D eigenvalue weighted by molar-refractivity contribution is 0.332. The van der Waals surface area contributed by atoms with Gasteiger partial charge in [0.05, 0.1) is 5.69 Å². The zero-order valence-electron chi connectivity index (χ0n) is 41.2. The van der Waals surface area contributed by atoms with E-state index in [9.17, 15) is 0 Å². The molecular formula is C62H67BN2. The second kappa shape index (κ2) is 14.9. The molecule has 0 atom stereocenters. The Balaban J connectivity index is 1.33. The lowest BCUT2D eigenvalue weighted by Crippen LogP contribution is -2.62. The van der Waals surface area contributed by atoms with Gasteiger partial charge in [-0.2, -0.15) is 0 Å². The third kappa shape index (κ3) is 7.08. The molecule has 0 saturated heterocycles. The van der Waals surface area contributed by atoms with Crippen LogP contribution in [-0.2, 0) is 27.1 Å². The van der Waals surface area contributed by atoms with Gasteiger partial charge in [0, 0.05) is 39.4 Å². The van der Waals surface area contributed by atoms with E-state index in [1.165, 1.54) is 101 Å². The van der Waals surface area contributed by atoms with Gasteiger partial charge in [-0.25, -0.2) is 0 Å². The van der Waals surface area contributed by atoms with Crippen LogP contribution in [0.15, 0.2) is 146 Å². The van der Waals surface area contributed by atoms with E-state index in [1.807, 2.05) is 0 Å². The van der Waals surface area contributed by atoms with Crippen LogP contribution in [0.2, 0.25) is 0 Å². The van der Waals surface area contributed by atoms with Crippen molar-refractivity contribution in [1.82, 2.24) is 0 Å². The molecule has 7 aromatic rings. The number of hydrogen-bond donors (Lipinski definition) is 0. The van der Waals surface area contributed by atoms with Crippen molar-refractivity contribution in [1.29, 1.82) is 0 Å². The fourth-order valence-corrected chi connectivity index (χ4v) is 11.3. The van der Waals surface area contributed by atoms with Gasteiger partial charge in [-0.05, 0) is 151 Å². The van der Waals surface area contributed by atoms with Crippen LogP contribution < -0.4 is 26.2 Å². The molecular weight excluding hydrogens is 784 g/mol. The number of fused-ring (bicyclic) bond motifs is 5. The van der Waals surface area contributed by atoms with Crippen LogP contribution in [-0.4, -0.2) is 6.71 Å². The van der Waals surface area contributed by atoms with Crippen LogP contribution in [0.5, 0.6) is 0 Å². The van der Waals surface area contributed by atoms with E-state index in [-0.39, 0.29) is 33.8 Å². The number of hydrogen-bond acceptors (Lipinski definition) is 2. The van der Waals surface area contributed by atoms with E-state index < -0.39 is 0 Å². The molecule has 65 heavy (non-hydrogen) atoms. The molecule has 2 aliphatic heterocycles. The smallest absolute Gasteiger partial charge is 0.252 e. The van der Waals surface area contributed by atoms with Crippen LogP contribution in [0.1, 0.15) is 135 Å². The first-order valence-electron chi connectivity index (χ1n) is 24.1. The Labute approximate surface area is 390 Å². The van der Waals surface area contributed by atoms with Crippen LogP contribution in [0, 0.1) is 6.92 Å². The molecule has 2 nitrogen and oxygen atoms in total. The van der Waals surface area contributed by atoms with Crippen molar-refractivity contribution in [3.8, 4) is 11.1 Å². The molecule has 0 fully saturated rings. The highest BCUT2D eigenvalue weighted by molar-refractivity contribution is 7.00. The molecule has 328 valence electrons. The molecule has 0 amide bonds. The molecule has 0 aromatic heterocycles. The molecule has 0 radical (unpaired) electrons. The minimum atomic E-state index is -0.212. The first kappa shape index (κ1) is 43.1. The Kier molecular flexibility index (Phi) is 9.86. The number of benzene rings is 7. The van der Waals surface area contributed by atoms with Crippen molar-refractivity contribution in [3.63, 3.8) is 0 Å². The summed E-state index contributed by atoms with van der Waals surface area (Å²) in [6, 6.07) is 56.5. The zero-order valence-corrected chi connectivity index (χ0v) is 41.2. The Morgan fingerprint density at radius 3 is 1.58 bits per heavy atom. The Hall–Kier alpha value is -5.80. The summed E-state index contributed by atoms with van der Waals surface area (Å²) in [5.41, 5.74) is 23.6. The maximum Gasteiger partial charge on any atom is 0.252 e. The molecule has 10 rings (SSSR count). The minimum Gasteiger partial charge on any atom is -0.311 e. The molecule has 2 heterocycles. The van der Waals surface area contributed by atoms with Crippen molar-refractivity contribution < 1.29 is 0 Å². The fraction of sp³-hybridized carbons (Fsp3) is 0.323. The molecule has 1 aliphatic carbocycles. The number of rotatable bonds is 5. The highest BCUT2D eigenvalue weighted by atomic mass is 15.2. The second-order valence-electron chi connectivity index (χ2n) is 23.5. The highest BCUT2D eigenvalue weighted by Gasteiger charge is 2.47. The third-order valence-corrected chi connectivity index (χ3v) is 15.6. The predicted molar refractivity (Wildman–Crippen MR) is 282 cm³/mol. The Morgan fingerprint density at radius 1 is 0.446 bits per heavy atom. The minimum absolute atomic E-state index is 0.0118. The first-order chi connectivity index (χ1) is 30.6. The number of nitrogens with zero attached hydrogens (tertiary/aromatic N) is 2. The third-order valence-electron chi connectivity index (χ3n) is 15.6. The molecule has 0 saturated carbocycles. The zero-order chi connectivity index (χ0) is 46.0. The summed E-state index contributed by atoms with van der Waals surface area (Å²) >= 11 is 0. The lowest BCUT2D eigenvalue weighted by Gasteiger charge is -2.48. The summed E-state index contributed by atoms with van der Waals surface area (Å²) in [4.78, 5) is 5.26. The van der Waals surface area contributed by atoms with Crippen molar-refractivity contribution in [2.45, 2.75) is 130 Å². The second-order valence-corrected chi connectivity index (χ2v) is 23.5. The van der Waals surface area contributed by atoms with Gasteiger partial charge in [-0.15, -0.1) is 0 Å². The maximum atomic E-state index is 2.67. The van der Waals surface area contributed by atoms with Crippen molar-refractivity contribution in [3.05, 3.63) is 185 Å². The normalized spacial score (nSPS) is 16.1. The summed E-state index contributed by atoms with van der Waals surface area (Å²) in [7, 11) is 0. The number of anilines is 6. The average Bonchev–Trinajstić information content (AvgIpc) is 3.27. The summed E-state index contributed by atoms with van der Waals surface area (Å²) in [5, 5.41) is 0. The van der Waals surface area contributed by atoms with Crippen LogP contribution in [0.4, 0.5) is 34.1 Å². The van der Waals surface area contributed by atoms with Crippen molar-refractivity contribution in [2.24, 2.45) is 0 Å². The van der Waals surface area contributed by atoms with Gasteiger partial charge in [-0.1, -0.05) is 180 Å². The molecule has 0 N–H and O–H groups in total. The SMILES string of the molecule is Cc1cc2c3c(c1)N(c1ccc(C(C)(C)C)cc1-c1ccccc1)c1cc4c(cc1B3c1cc(C(C)(C)c3ccccc3)ccc1N2c1ccc(C(C)(C)C)cc1)C(C)(C)CCC4(C)C. The monoisotopic (exact) mass is 851 g/mol. The molecule has 3 aliphatic rings. The Bertz CT molecular complexity index is 2980. The van der Waals surface area contributed by atoms with E-state index in [4.69, 9.17) is 0 Å². The van der Waals surface area contributed by atoms with Gasteiger partial charge >= 0.3 is 0 Å². The fourth-order valence-electron chi connectivity index (χ4n) is 11.3. The largest absolute Gasteiger partial charge is 0.311 e. The van der Waals surface area contributed by atoms with Gasteiger partial charge in [0.2, 0.25) is 0 Å². The van der Waals surface area contributed by atoms with E-state index in [2.05, 4.69) is 245 Å². The predicted octanol–water partition coefficient (Wildman–Crippen LogP) is 15.0. The van der Waals surface area contributed by atoms with E-state index >= 15 is 0 Å². The average molecular weight is 851 g/mol. The Morgan fingerprint density at radius 2 is 0.969 bits per heavy atom. The molecule has 7 aromatic carbocycles. The van der Waals surface area contributed by atoms with Gasteiger partial charge in [-0.3, -0.25) is 0 Å². The summed E-state index contributed by atoms with van der Waals surface area (Å²) in [6.07, 6.45) is 2.33. The van der Waals surface area contributed by atoms with Gasteiger partial charge in [0.1, 0.15) is 0 Å². The maximum absolute atomic E-state index is 2.67. The highest BCUT2D eigenvalue weighted by Crippen LogP contribution is 2.52. The molecule has 3 heteroatoms. The van der Waals surface area contributed by atoms with Crippen LogP contribution in [0.3, 0.4) is 0 Å². The van der Waals surface area contributed by atoms with E-state index in [0.717, 1.165) is 12.8 Å². The van der Waals surface area contributed by atoms with E-state index in [1.54, 1.807) is 0 Å². The lowest BCUT2D eigenvalue weighted by atomic mass is 9.33. The van der Waals surface area contributed by atoms with Gasteiger partial charge in [0.15, 0.2) is 0 Å². The summed E-state index contributed by atoms with van der Waals surface area (Å²) < 4.78 is 0. The van der Waals surface area contributed by atoms with Crippen molar-refractivity contribution >= 4 is 57.2 Å². The van der Waals surface area contributed by atoms with E-state index in [0.29, 0.717) is 0 Å². The first-order valence-corrected chi connectivity index (χ1v) is 24.1. The van der Waals surface area contributed by atoms with Gasteiger partial charge < -0.3 is 9.80 Å². The quantitative estimate of drug-likeness (QED) is 0.159. The standard InChI is InChI=1S/C62H67BN2/c1-40-34-55-57-56(35-40)65(52-30-26-44(59(5,6)7)36-47(52)41-20-16-14-17-21-41)54-39-49-48(60(8,9)32-33-61(49,10)11)38-51(54)63(57)50-37-45(62(12,13)43-22-18-15-19-23-43)27-31-53(50)64(55)46-28-24-42(25-29-46)58(2,3)4/h14-31,34-39H,32-33H2,1-13H3. The topological polar surface area (TPSA) is 6.48 Å². The molecule has 0 spiro atoms. The molecule has 0 bridgehead atoms. The summed E-state index contributed by atoms with van der Waals surface area (Å²) in [5.74, 6) is 0. The number of aryl methyl sites for hydroxylation is 1. The van der Waals surface area contributed by atoms with Gasteiger partial charge in [0.25, 0.3) is 6.71 Å². The van der Waals surface area contributed by atoms with Crippen LogP contribution >= 0.6 is 0 Å². The van der Waals surface area contributed by atoms with Crippen molar-refractivity contribution in [2.75, 3.05) is 9.80 Å². The summed E-state index contributed by atoms with van der Waals surface area (Å²) in [6.45, 7) is 30.9.